The molecule has 22 heavy (non-hydrogen) atoms. The third-order valence-corrected chi connectivity index (χ3v) is 4.79. The SMILES string of the molecule is C/C(=C1/N=CC(C)(C)C=C/C1=C/C=C/Br)N1CCN(P)CC1. The minimum Gasteiger partial charge on any atom is -0.371 e. The van der Waals surface area contributed by atoms with E-state index in [2.05, 4.69) is 73.9 Å². The fourth-order valence-corrected chi connectivity index (χ4v) is 2.90. The van der Waals surface area contributed by atoms with Gasteiger partial charge < -0.3 is 4.90 Å². The quantitative estimate of drug-likeness (QED) is 0.669. The van der Waals surface area contributed by atoms with Crippen molar-refractivity contribution in [2.45, 2.75) is 20.8 Å². The van der Waals surface area contributed by atoms with Gasteiger partial charge >= 0.3 is 0 Å². The highest BCUT2D eigenvalue weighted by atomic mass is 79.9. The van der Waals surface area contributed by atoms with Gasteiger partial charge in [-0.15, -0.1) is 0 Å². The second-order valence-electron chi connectivity index (χ2n) is 6.31. The molecule has 0 aromatic carbocycles. The zero-order valence-corrected chi connectivity index (χ0v) is 16.3. The van der Waals surface area contributed by atoms with Crippen molar-refractivity contribution >= 4 is 31.5 Å². The van der Waals surface area contributed by atoms with Crippen LogP contribution in [0.2, 0.25) is 0 Å². The second kappa shape index (κ2) is 7.72. The normalized spacial score (nSPS) is 26.8. The van der Waals surface area contributed by atoms with Gasteiger partial charge in [-0.3, -0.25) is 9.66 Å². The average molecular weight is 382 g/mol. The summed E-state index contributed by atoms with van der Waals surface area (Å²) in [5.41, 5.74) is 3.47. The molecule has 2 aliphatic heterocycles. The molecule has 0 aromatic heterocycles. The van der Waals surface area contributed by atoms with Gasteiger partial charge in [0.25, 0.3) is 0 Å². The number of piperazine rings is 1. The lowest BCUT2D eigenvalue weighted by atomic mass is 9.95. The first-order valence-electron chi connectivity index (χ1n) is 7.60. The second-order valence-corrected chi connectivity index (χ2v) is 7.57. The van der Waals surface area contributed by atoms with Crippen LogP contribution in [0.25, 0.3) is 0 Å². The highest BCUT2D eigenvalue weighted by molar-refractivity contribution is 9.11. The monoisotopic (exact) mass is 381 g/mol. The van der Waals surface area contributed by atoms with Crippen molar-refractivity contribution in [3.63, 3.8) is 0 Å². The molecule has 0 amide bonds. The topological polar surface area (TPSA) is 18.8 Å². The molecule has 2 aliphatic rings. The van der Waals surface area contributed by atoms with Crippen LogP contribution in [0.4, 0.5) is 0 Å². The standard InChI is InChI=1S/C17H25BrN3P/c1-14(20-9-11-21(22)12-10-20)16-15(5-4-8-18)6-7-17(2,3)13-19-16/h4-8,13H,9-12,22H2,1-3H3/b8-4+,15-5-,16-14-. The Morgan fingerprint density at radius 3 is 2.64 bits per heavy atom. The van der Waals surface area contributed by atoms with E-state index < -0.39 is 0 Å². The van der Waals surface area contributed by atoms with E-state index >= 15 is 0 Å². The Kier molecular flexibility index (Phi) is 6.19. The molecular formula is C17H25BrN3P. The third-order valence-electron chi connectivity index (χ3n) is 3.97. The number of hydrogen-bond donors (Lipinski definition) is 0. The van der Waals surface area contributed by atoms with Crippen molar-refractivity contribution < 1.29 is 0 Å². The summed E-state index contributed by atoms with van der Waals surface area (Å²) in [5, 5.41) is 0. The van der Waals surface area contributed by atoms with Crippen LogP contribution in [0.3, 0.4) is 0 Å². The lowest BCUT2D eigenvalue weighted by Gasteiger charge is -2.35. The van der Waals surface area contributed by atoms with Gasteiger partial charge in [0.1, 0.15) is 0 Å². The smallest absolute Gasteiger partial charge is 0.0886 e. The molecule has 0 N–H and O–H groups in total. The molecule has 0 aliphatic carbocycles. The van der Waals surface area contributed by atoms with Gasteiger partial charge in [-0.25, -0.2) is 0 Å². The Morgan fingerprint density at radius 1 is 1.32 bits per heavy atom. The molecule has 0 radical (unpaired) electrons. The predicted octanol–water partition coefficient (Wildman–Crippen LogP) is 4.13. The first kappa shape index (κ1) is 17.7. The van der Waals surface area contributed by atoms with Crippen LogP contribution < -0.4 is 0 Å². The van der Waals surface area contributed by atoms with Crippen molar-refractivity contribution in [2.75, 3.05) is 26.2 Å². The molecule has 120 valence electrons. The Balaban J connectivity index is 2.38. The molecule has 5 heteroatoms. The van der Waals surface area contributed by atoms with Crippen LogP contribution >= 0.6 is 25.3 Å². The van der Waals surface area contributed by atoms with E-state index in [1.165, 1.54) is 5.70 Å². The minimum absolute atomic E-state index is 0.0159. The molecule has 1 unspecified atom stereocenters. The number of hydrogen-bond acceptors (Lipinski definition) is 3. The molecule has 0 saturated carbocycles. The molecule has 1 fully saturated rings. The van der Waals surface area contributed by atoms with E-state index in [1.54, 1.807) is 0 Å². The Bertz CT molecular complexity index is 550. The summed E-state index contributed by atoms with van der Waals surface area (Å²) >= 11 is 3.34. The summed E-state index contributed by atoms with van der Waals surface area (Å²) < 4.78 is 2.29. The molecule has 1 atom stereocenters. The zero-order chi connectivity index (χ0) is 16.2. The van der Waals surface area contributed by atoms with Gasteiger partial charge in [0, 0.05) is 49.1 Å². The van der Waals surface area contributed by atoms with E-state index in [0.29, 0.717) is 0 Å². The highest BCUT2D eigenvalue weighted by Gasteiger charge is 2.20. The maximum atomic E-state index is 4.82. The van der Waals surface area contributed by atoms with Crippen molar-refractivity contribution in [1.29, 1.82) is 0 Å². The van der Waals surface area contributed by atoms with Gasteiger partial charge in [0.15, 0.2) is 0 Å². The van der Waals surface area contributed by atoms with Gasteiger partial charge in [-0.1, -0.05) is 63.5 Å². The van der Waals surface area contributed by atoms with Gasteiger partial charge in [-0.2, -0.15) is 0 Å². The van der Waals surface area contributed by atoms with Crippen LogP contribution in [-0.2, 0) is 0 Å². The van der Waals surface area contributed by atoms with Crippen LogP contribution in [0.15, 0.2) is 51.2 Å². The number of halogens is 1. The van der Waals surface area contributed by atoms with Crippen molar-refractivity contribution in [3.05, 3.63) is 46.3 Å². The maximum absolute atomic E-state index is 4.82. The fraction of sp³-hybridized carbons (Fsp3) is 0.471. The van der Waals surface area contributed by atoms with Crippen LogP contribution in [-0.4, -0.2) is 42.0 Å². The molecule has 0 bridgehead atoms. The van der Waals surface area contributed by atoms with Crippen LogP contribution in [0.1, 0.15) is 20.8 Å². The van der Waals surface area contributed by atoms with Crippen LogP contribution in [0, 0.1) is 5.41 Å². The minimum atomic E-state index is -0.0159. The predicted molar refractivity (Wildman–Crippen MR) is 103 cm³/mol. The summed E-state index contributed by atoms with van der Waals surface area (Å²) in [4.78, 5) is 9.12. The Labute approximate surface area is 144 Å². The average Bonchev–Trinajstić information content (AvgIpc) is 2.64. The number of allylic oxidation sites excluding steroid dienone is 5. The molecular weight excluding hydrogens is 357 g/mol. The van der Waals surface area contributed by atoms with Crippen molar-refractivity contribution in [3.8, 4) is 0 Å². The summed E-state index contributed by atoms with van der Waals surface area (Å²) in [6.07, 6.45) is 10.6. The number of aliphatic imine (C=N–C) groups is 1. The van der Waals surface area contributed by atoms with Crippen LogP contribution in [0.5, 0.6) is 0 Å². The number of rotatable bonds is 2. The summed E-state index contributed by atoms with van der Waals surface area (Å²) in [6.45, 7) is 10.8. The van der Waals surface area contributed by atoms with E-state index in [9.17, 15) is 0 Å². The summed E-state index contributed by atoms with van der Waals surface area (Å²) in [7, 11) is 2.79. The largest absolute Gasteiger partial charge is 0.371 e. The van der Waals surface area contributed by atoms with Crippen molar-refractivity contribution in [2.24, 2.45) is 10.4 Å². The van der Waals surface area contributed by atoms with E-state index in [-0.39, 0.29) is 5.41 Å². The molecule has 2 heterocycles. The Morgan fingerprint density at radius 2 is 2.00 bits per heavy atom. The molecule has 0 spiro atoms. The van der Waals surface area contributed by atoms with Gasteiger partial charge in [-0.05, 0) is 11.9 Å². The molecule has 3 nitrogen and oxygen atoms in total. The Hall–Kier alpha value is -0.700. The lowest BCUT2D eigenvalue weighted by molar-refractivity contribution is 0.238. The van der Waals surface area contributed by atoms with Gasteiger partial charge in [0.2, 0.25) is 0 Å². The summed E-state index contributed by atoms with van der Waals surface area (Å²) in [5.74, 6) is 0. The summed E-state index contributed by atoms with van der Waals surface area (Å²) in [6, 6.07) is 0. The number of nitrogens with zero attached hydrogens (tertiary/aromatic N) is 3. The first-order chi connectivity index (χ1) is 10.4. The lowest BCUT2D eigenvalue weighted by Crippen LogP contribution is -2.41. The third kappa shape index (κ3) is 4.65. The first-order valence-corrected chi connectivity index (χ1v) is 9.03. The fourth-order valence-electron chi connectivity index (χ4n) is 2.52. The molecule has 2 rings (SSSR count). The molecule has 0 aromatic rings. The zero-order valence-electron chi connectivity index (χ0n) is 13.6. The maximum Gasteiger partial charge on any atom is 0.0886 e. The van der Waals surface area contributed by atoms with E-state index in [4.69, 9.17) is 4.99 Å². The van der Waals surface area contributed by atoms with E-state index in [1.807, 2.05) is 17.3 Å². The van der Waals surface area contributed by atoms with E-state index in [0.717, 1.165) is 37.4 Å². The van der Waals surface area contributed by atoms with Crippen molar-refractivity contribution in [1.82, 2.24) is 9.57 Å². The highest BCUT2D eigenvalue weighted by Crippen LogP contribution is 2.28. The molecule has 1 saturated heterocycles. The van der Waals surface area contributed by atoms with Gasteiger partial charge in [0.05, 0.1) is 5.70 Å².